The summed E-state index contributed by atoms with van der Waals surface area (Å²) < 4.78 is 1.36. The molecule has 2 aromatic rings. The van der Waals surface area contributed by atoms with Crippen LogP contribution in [0, 0.1) is 19.8 Å². The summed E-state index contributed by atoms with van der Waals surface area (Å²) in [6.45, 7) is 8.16. The minimum absolute atomic E-state index is 0.0777. The summed E-state index contributed by atoms with van der Waals surface area (Å²) in [5, 5.41) is 5.42. The van der Waals surface area contributed by atoms with Crippen LogP contribution in [0.2, 0.25) is 0 Å². The Morgan fingerprint density at radius 3 is 2.31 bits per heavy atom. The normalized spacial score (nSPS) is 10.7. The zero-order valence-corrected chi connectivity index (χ0v) is 15.6. The number of aromatic nitrogens is 1. The largest absolute Gasteiger partial charge is 0.354 e. The average molecular weight is 355 g/mol. The molecule has 0 fully saturated rings. The molecule has 6 heteroatoms. The maximum Gasteiger partial charge on any atom is 0.274 e. The third-order valence-electron chi connectivity index (χ3n) is 3.96. The molecule has 0 spiro atoms. The Bertz CT molecular complexity index is 852. The van der Waals surface area contributed by atoms with E-state index in [0.29, 0.717) is 23.7 Å². The highest BCUT2D eigenvalue weighted by molar-refractivity contribution is 6.04. The van der Waals surface area contributed by atoms with Gasteiger partial charge in [0.1, 0.15) is 12.2 Å². The summed E-state index contributed by atoms with van der Waals surface area (Å²) in [6, 6.07) is 10.4. The van der Waals surface area contributed by atoms with Crippen molar-refractivity contribution < 1.29 is 9.59 Å². The van der Waals surface area contributed by atoms with Gasteiger partial charge in [0.2, 0.25) is 5.91 Å². The Morgan fingerprint density at radius 2 is 1.69 bits per heavy atom. The van der Waals surface area contributed by atoms with E-state index in [1.807, 2.05) is 32.9 Å². The van der Waals surface area contributed by atoms with Crippen LogP contribution in [0.3, 0.4) is 0 Å². The van der Waals surface area contributed by atoms with Gasteiger partial charge >= 0.3 is 0 Å². The van der Waals surface area contributed by atoms with Crippen molar-refractivity contribution in [3.8, 4) is 0 Å². The molecule has 0 radical (unpaired) electrons. The van der Waals surface area contributed by atoms with Crippen molar-refractivity contribution in [2.45, 2.75) is 34.2 Å². The van der Waals surface area contributed by atoms with Crippen LogP contribution in [0.5, 0.6) is 0 Å². The predicted molar refractivity (Wildman–Crippen MR) is 102 cm³/mol. The van der Waals surface area contributed by atoms with Crippen LogP contribution in [0.15, 0.2) is 41.2 Å². The minimum atomic E-state index is -0.398. The number of aryl methyl sites for hydroxylation is 2. The Hall–Kier alpha value is -2.89. The van der Waals surface area contributed by atoms with E-state index in [1.165, 1.54) is 4.57 Å². The van der Waals surface area contributed by atoms with Gasteiger partial charge in [-0.15, -0.1) is 0 Å². The number of rotatable bonds is 6. The van der Waals surface area contributed by atoms with E-state index in [1.54, 1.807) is 31.2 Å². The second-order valence-corrected chi connectivity index (χ2v) is 6.80. The van der Waals surface area contributed by atoms with Crippen LogP contribution in [0.1, 0.15) is 35.5 Å². The molecule has 0 unspecified atom stereocenters. The zero-order valence-electron chi connectivity index (χ0n) is 15.6. The molecule has 26 heavy (non-hydrogen) atoms. The van der Waals surface area contributed by atoms with Gasteiger partial charge in [-0.3, -0.25) is 14.4 Å². The lowest BCUT2D eigenvalue weighted by atomic mass is 10.1. The van der Waals surface area contributed by atoms with Crippen LogP contribution >= 0.6 is 0 Å². The minimum Gasteiger partial charge on any atom is -0.354 e. The lowest BCUT2D eigenvalue weighted by Gasteiger charge is -2.13. The van der Waals surface area contributed by atoms with E-state index in [0.717, 1.165) is 5.56 Å². The first-order valence-corrected chi connectivity index (χ1v) is 8.63. The lowest BCUT2D eigenvalue weighted by Crippen LogP contribution is -2.36. The van der Waals surface area contributed by atoms with Crippen molar-refractivity contribution in [1.29, 1.82) is 0 Å². The van der Waals surface area contributed by atoms with Crippen LogP contribution in [-0.2, 0) is 11.3 Å². The second-order valence-electron chi connectivity index (χ2n) is 6.80. The standard InChI is InChI=1S/C20H25N3O3/c1-13(2)11-21-18(24)12-23-15(4)7-10-17(20(23)26)22-19(25)16-8-5-14(3)6-9-16/h5-10,13H,11-12H2,1-4H3,(H,21,24)(H,22,25). The van der Waals surface area contributed by atoms with Gasteiger partial charge in [0.25, 0.3) is 11.5 Å². The SMILES string of the molecule is Cc1ccc(C(=O)Nc2ccc(C)n(CC(=O)NCC(C)C)c2=O)cc1. The Morgan fingerprint density at radius 1 is 1.04 bits per heavy atom. The summed E-state index contributed by atoms with van der Waals surface area (Å²) in [4.78, 5) is 37.0. The first-order valence-electron chi connectivity index (χ1n) is 8.63. The van der Waals surface area contributed by atoms with Crippen LogP contribution < -0.4 is 16.2 Å². The van der Waals surface area contributed by atoms with E-state index in [-0.39, 0.29) is 24.0 Å². The number of benzene rings is 1. The van der Waals surface area contributed by atoms with Crippen molar-refractivity contribution in [3.63, 3.8) is 0 Å². The first kappa shape index (κ1) is 19.4. The summed E-state index contributed by atoms with van der Waals surface area (Å²) >= 11 is 0. The monoisotopic (exact) mass is 355 g/mol. The molecule has 2 amide bonds. The molecule has 138 valence electrons. The van der Waals surface area contributed by atoms with Crippen molar-refractivity contribution in [3.05, 3.63) is 63.6 Å². The van der Waals surface area contributed by atoms with Gasteiger partial charge in [-0.2, -0.15) is 0 Å². The fourth-order valence-corrected chi connectivity index (χ4v) is 2.38. The van der Waals surface area contributed by atoms with Crippen LogP contribution in [0.4, 0.5) is 5.69 Å². The fourth-order valence-electron chi connectivity index (χ4n) is 2.38. The van der Waals surface area contributed by atoms with Gasteiger partial charge < -0.3 is 15.2 Å². The molecule has 0 aliphatic heterocycles. The molecule has 0 atom stereocenters. The Kier molecular flexibility index (Phi) is 6.33. The Balaban J connectivity index is 2.18. The van der Waals surface area contributed by atoms with Gasteiger partial charge in [0, 0.05) is 17.8 Å². The highest BCUT2D eigenvalue weighted by Crippen LogP contribution is 2.08. The molecule has 1 aromatic carbocycles. The maximum absolute atomic E-state index is 12.7. The second kappa shape index (κ2) is 8.47. The van der Waals surface area contributed by atoms with E-state index in [4.69, 9.17) is 0 Å². The summed E-state index contributed by atoms with van der Waals surface area (Å²) in [5.74, 6) is -0.260. The number of carbonyl (C=O) groups is 2. The summed E-state index contributed by atoms with van der Waals surface area (Å²) in [5.41, 5.74) is 1.93. The van der Waals surface area contributed by atoms with Gasteiger partial charge in [-0.25, -0.2) is 0 Å². The number of carbonyl (C=O) groups excluding carboxylic acids is 2. The molecule has 6 nitrogen and oxygen atoms in total. The molecule has 2 N–H and O–H groups in total. The van der Waals surface area contributed by atoms with E-state index >= 15 is 0 Å². The highest BCUT2D eigenvalue weighted by atomic mass is 16.2. The third kappa shape index (κ3) is 5.05. The molecule has 1 heterocycles. The number of hydrogen-bond acceptors (Lipinski definition) is 3. The van der Waals surface area contributed by atoms with Gasteiger partial charge in [-0.05, 0) is 44.0 Å². The van der Waals surface area contributed by atoms with Gasteiger partial charge in [-0.1, -0.05) is 31.5 Å². The average Bonchev–Trinajstić information content (AvgIpc) is 2.59. The summed E-state index contributed by atoms with van der Waals surface area (Å²) in [7, 11) is 0. The molecular weight excluding hydrogens is 330 g/mol. The highest BCUT2D eigenvalue weighted by Gasteiger charge is 2.13. The predicted octanol–water partition coefficient (Wildman–Crippen LogP) is 2.49. The summed E-state index contributed by atoms with van der Waals surface area (Å²) in [6.07, 6.45) is 0. The Labute approximate surface area is 153 Å². The molecule has 0 aliphatic rings. The quantitative estimate of drug-likeness (QED) is 0.835. The van der Waals surface area contributed by atoms with Crippen molar-refractivity contribution in [2.24, 2.45) is 5.92 Å². The van der Waals surface area contributed by atoms with E-state index < -0.39 is 5.56 Å². The number of anilines is 1. The van der Waals surface area contributed by atoms with Crippen molar-refractivity contribution >= 4 is 17.5 Å². The van der Waals surface area contributed by atoms with Crippen molar-refractivity contribution in [1.82, 2.24) is 9.88 Å². The fraction of sp³-hybridized carbons (Fsp3) is 0.350. The molecule has 0 aliphatic carbocycles. The third-order valence-corrected chi connectivity index (χ3v) is 3.96. The van der Waals surface area contributed by atoms with E-state index in [2.05, 4.69) is 10.6 Å². The maximum atomic E-state index is 12.7. The number of nitrogens with one attached hydrogen (secondary N) is 2. The van der Waals surface area contributed by atoms with E-state index in [9.17, 15) is 14.4 Å². The number of nitrogens with zero attached hydrogens (tertiary/aromatic N) is 1. The molecular formula is C20H25N3O3. The lowest BCUT2D eigenvalue weighted by molar-refractivity contribution is -0.121. The molecule has 2 rings (SSSR count). The van der Waals surface area contributed by atoms with Gasteiger partial charge in [0.15, 0.2) is 0 Å². The number of amides is 2. The molecule has 0 saturated heterocycles. The number of pyridine rings is 1. The van der Waals surface area contributed by atoms with Crippen LogP contribution in [-0.4, -0.2) is 22.9 Å². The molecule has 0 bridgehead atoms. The topological polar surface area (TPSA) is 80.2 Å². The molecule has 1 aromatic heterocycles. The molecule has 0 saturated carbocycles. The smallest absolute Gasteiger partial charge is 0.274 e. The van der Waals surface area contributed by atoms with Crippen molar-refractivity contribution in [2.75, 3.05) is 11.9 Å². The number of hydrogen-bond donors (Lipinski definition) is 2. The first-order chi connectivity index (χ1) is 12.3. The van der Waals surface area contributed by atoms with Gasteiger partial charge in [0.05, 0.1) is 0 Å². The van der Waals surface area contributed by atoms with Crippen LogP contribution in [0.25, 0.3) is 0 Å². The zero-order chi connectivity index (χ0) is 19.3.